The summed E-state index contributed by atoms with van der Waals surface area (Å²) in [6.45, 7) is 5.04. The van der Waals surface area contributed by atoms with Gasteiger partial charge in [-0.25, -0.2) is 0 Å². The molecular formula is C13H20O2S. The molecular weight excluding hydrogens is 220 g/mol. The second kappa shape index (κ2) is 7.71. The number of ether oxygens (including phenoxy) is 1. The summed E-state index contributed by atoms with van der Waals surface area (Å²) in [6, 6.07) is 8.09. The molecule has 0 spiro atoms. The molecule has 1 aromatic rings. The summed E-state index contributed by atoms with van der Waals surface area (Å²) in [5.74, 6) is 2.03. The van der Waals surface area contributed by atoms with Crippen molar-refractivity contribution < 1.29 is 9.84 Å². The summed E-state index contributed by atoms with van der Waals surface area (Å²) < 4.78 is 5.46. The molecule has 1 rings (SSSR count). The maximum Gasteiger partial charge on any atom is 0.0681 e. The van der Waals surface area contributed by atoms with E-state index in [2.05, 4.69) is 26.0 Å². The predicted molar refractivity (Wildman–Crippen MR) is 69.6 cm³/mol. The van der Waals surface area contributed by atoms with Crippen molar-refractivity contribution in [3.63, 3.8) is 0 Å². The highest BCUT2D eigenvalue weighted by molar-refractivity contribution is 7.98. The molecule has 0 aliphatic heterocycles. The van der Waals surface area contributed by atoms with Gasteiger partial charge in [0.05, 0.1) is 19.3 Å². The Labute approximate surface area is 102 Å². The minimum atomic E-state index is 0.121. The molecule has 0 bridgehead atoms. The lowest BCUT2D eigenvalue weighted by Gasteiger charge is -2.07. The van der Waals surface area contributed by atoms with Crippen LogP contribution in [0, 0.1) is 0 Å². The second-order valence-electron chi connectivity index (χ2n) is 3.95. The molecule has 0 radical (unpaired) electrons. The topological polar surface area (TPSA) is 29.5 Å². The summed E-state index contributed by atoms with van der Waals surface area (Å²) in [6.07, 6.45) is 0.324. The second-order valence-corrected chi connectivity index (χ2v) is 5.05. The van der Waals surface area contributed by atoms with E-state index in [4.69, 9.17) is 9.84 Å². The first kappa shape index (κ1) is 13.6. The first-order valence-corrected chi connectivity index (χ1v) is 6.76. The van der Waals surface area contributed by atoms with Gasteiger partial charge in [0.15, 0.2) is 0 Å². The highest BCUT2D eigenvalue weighted by Crippen LogP contribution is 2.13. The smallest absolute Gasteiger partial charge is 0.0681 e. The van der Waals surface area contributed by atoms with Crippen LogP contribution in [0.2, 0.25) is 0 Å². The van der Waals surface area contributed by atoms with Gasteiger partial charge in [-0.3, -0.25) is 0 Å². The molecule has 90 valence electrons. The zero-order valence-electron chi connectivity index (χ0n) is 9.98. The quantitative estimate of drug-likeness (QED) is 0.743. The monoisotopic (exact) mass is 240 g/mol. The Hall–Kier alpha value is -0.510. The molecule has 16 heavy (non-hydrogen) atoms. The van der Waals surface area contributed by atoms with Gasteiger partial charge in [0, 0.05) is 11.5 Å². The van der Waals surface area contributed by atoms with Crippen molar-refractivity contribution in [2.75, 3.05) is 12.4 Å². The lowest BCUT2D eigenvalue weighted by atomic mass is 10.2. The summed E-state index contributed by atoms with van der Waals surface area (Å²) in [4.78, 5) is 0. The number of hydrogen-bond acceptors (Lipinski definition) is 3. The van der Waals surface area contributed by atoms with E-state index in [1.165, 1.54) is 5.56 Å². The van der Waals surface area contributed by atoms with Crippen LogP contribution >= 0.6 is 11.8 Å². The molecule has 1 N–H and O–H groups in total. The average Bonchev–Trinajstić information content (AvgIpc) is 2.29. The number of aliphatic hydroxyl groups is 1. The fourth-order valence-corrected chi connectivity index (χ4v) is 2.06. The normalized spacial score (nSPS) is 11.0. The van der Waals surface area contributed by atoms with Crippen LogP contribution in [-0.2, 0) is 17.1 Å². The molecule has 3 heteroatoms. The van der Waals surface area contributed by atoms with Crippen molar-refractivity contribution in [2.24, 2.45) is 0 Å². The molecule has 0 saturated carbocycles. The van der Waals surface area contributed by atoms with E-state index in [0.717, 1.165) is 23.7 Å². The standard InChI is InChI=1S/C13H20O2S/c1-11(2)15-7-8-16-10-13-5-3-12(9-14)4-6-13/h3-6,11,14H,7-10H2,1-2H3. The molecule has 0 aromatic heterocycles. The van der Waals surface area contributed by atoms with Crippen molar-refractivity contribution in [3.8, 4) is 0 Å². The van der Waals surface area contributed by atoms with E-state index in [0.29, 0.717) is 6.10 Å². The van der Waals surface area contributed by atoms with E-state index in [1.54, 1.807) is 0 Å². The Bertz CT molecular complexity index is 282. The van der Waals surface area contributed by atoms with E-state index >= 15 is 0 Å². The van der Waals surface area contributed by atoms with Crippen LogP contribution in [0.1, 0.15) is 25.0 Å². The third-order valence-electron chi connectivity index (χ3n) is 2.15. The predicted octanol–water partition coefficient (Wildman–Crippen LogP) is 2.84. The third kappa shape index (κ3) is 5.54. The first-order valence-electron chi connectivity index (χ1n) is 5.60. The Morgan fingerprint density at radius 2 is 1.81 bits per heavy atom. The van der Waals surface area contributed by atoms with Crippen LogP contribution in [0.4, 0.5) is 0 Å². The maximum atomic E-state index is 8.90. The fourth-order valence-electron chi connectivity index (χ4n) is 1.27. The van der Waals surface area contributed by atoms with Crippen molar-refractivity contribution >= 4 is 11.8 Å². The summed E-state index contributed by atoms with van der Waals surface area (Å²) >= 11 is 1.87. The molecule has 0 fully saturated rings. The van der Waals surface area contributed by atoms with Gasteiger partial charge in [-0.1, -0.05) is 24.3 Å². The largest absolute Gasteiger partial charge is 0.392 e. The third-order valence-corrected chi connectivity index (χ3v) is 3.15. The Balaban J connectivity index is 2.16. The average molecular weight is 240 g/mol. The lowest BCUT2D eigenvalue weighted by molar-refractivity contribution is 0.0920. The van der Waals surface area contributed by atoms with Gasteiger partial charge >= 0.3 is 0 Å². The van der Waals surface area contributed by atoms with Gasteiger partial charge in [-0.05, 0) is 25.0 Å². The van der Waals surface area contributed by atoms with Gasteiger partial charge in [0.25, 0.3) is 0 Å². The minimum Gasteiger partial charge on any atom is -0.392 e. The van der Waals surface area contributed by atoms with Crippen molar-refractivity contribution in [3.05, 3.63) is 35.4 Å². The highest BCUT2D eigenvalue weighted by Gasteiger charge is 1.96. The Kier molecular flexibility index (Phi) is 6.53. The fraction of sp³-hybridized carbons (Fsp3) is 0.538. The number of aliphatic hydroxyl groups excluding tert-OH is 1. The maximum absolute atomic E-state index is 8.90. The van der Waals surface area contributed by atoms with Crippen molar-refractivity contribution in [2.45, 2.75) is 32.3 Å². The number of thioether (sulfide) groups is 1. The summed E-state index contributed by atoms with van der Waals surface area (Å²) in [5.41, 5.74) is 2.27. The van der Waals surface area contributed by atoms with Crippen LogP contribution in [0.25, 0.3) is 0 Å². The van der Waals surface area contributed by atoms with Gasteiger partial charge in [0.1, 0.15) is 0 Å². The molecule has 0 atom stereocenters. The van der Waals surface area contributed by atoms with Crippen LogP contribution in [0.5, 0.6) is 0 Å². The SMILES string of the molecule is CC(C)OCCSCc1ccc(CO)cc1. The first-order chi connectivity index (χ1) is 7.72. The molecule has 0 unspecified atom stereocenters. The van der Waals surface area contributed by atoms with Crippen molar-refractivity contribution in [1.29, 1.82) is 0 Å². The van der Waals surface area contributed by atoms with E-state index in [-0.39, 0.29) is 6.61 Å². The zero-order chi connectivity index (χ0) is 11.8. The number of hydrogen-bond donors (Lipinski definition) is 1. The Morgan fingerprint density at radius 3 is 2.38 bits per heavy atom. The Morgan fingerprint density at radius 1 is 1.19 bits per heavy atom. The van der Waals surface area contributed by atoms with Gasteiger partial charge in [0.2, 0.25) is 0 Å². The van der Waals surface area contributed by atoms with Gasteiger partial charge in [-0.2, -0.15) is 11.8 Å². The van der Waals surface area contributed by atoms with Gasteiger partial charge < -0.3 is 9.84 Å². The zero-order valence-corrected chi connectivity index (χ0v) is 10.8. The van der Waals surface area contributed by atoms with Crippen LogP contribution in [0.15, 0.2) is 24.3 Å². The molecule has 0 amide bonds. The molecule has 2 nitrogen and oxygen atoms in total. The number of rotatable bonds is 7. The lowest BCUT2D eigenvalue weighted by Crippen LogP contribution is -2.05. The minimum absolute atomic E-state index is 0.121. The molecule has 0 aliphatic carbocycles. The van der Waals surface area contributed by atoms with E-state index < -0.39 is 0 Å². The van der Waals surface area contributed by atoms with Gasteiger partial charge in [-0.15, -0.1) is 0 Å². The molecule has 0 aliphatic rings. The van der Waals surface area contributed by atoms with E-state index in [9.17, 15) is 0 Å². The highest BCUT2D eigenvalue weighted by atomic mass is 32.2. The van der Waals surface area contributed by atoms with Crippen LogP contribution in [-0.4, -0.2) is 23.6 Å². The molecule has 0 saturated heterocycles. The van der Waals surface area contributed by atoms with Crippen molar-refractivity contribution in [1.82, 2.24) is 0 Å². The summed E-state index contributed by atoms with van der Waals surface area (Å²) in [5, 5.41) is 8.90. The van der Waals surface area contributed by atoms with E-state index in [1.807, 2.05) is 23.9 Å². The molecule has 0 heterocycles. The van der Waals surface area contributed by atoms with Crippen LogP contribution < -0.4 is 0 Å². The number of benzene rings is 1. The van der Waals surface area contributed by atoms with Crippen LogP contribution in [0.3, 0.4) is 0 Å². The molecule has 1 aromatic carbocycles. The summed E-state index contributed by atoms with van der Waals surface area (Å²) in [7, 11) is 0.